The number of likely N-dealkylation sites (tertiary alicyclic amines) is 1. The van der Waals surface area contributed by atoms with Gasteiger partial charge in [-0.3, -0.25) is 4.90 Å². The largest absolute Gasteiger partial charge is 0.317 e. The predicted molar refractivity (Wildman–Crippen MR) is 82.3 cm³/mol. The topological polar surface area (TPSA) is 52.7 Å². The molecular formula is C14H29N3O2S. The fourth-order valence-electron chi connectivity index (χ4n) is 3.40. The van der Waals surface area contributed by atoms with Gasteiger partial charge in [-0.25, -0.2) is 12.7 Å². The SMILES string of the molecule is CCN1CCCC1CN(C)S(=O)(=O)CC1CCNCC1. The smallest absolute Gasteiger partial charge is 0.214 e. The van der Waals surface area contributed by atoms with Crippen molar-refractivity contribution in [2.24, 2.45) is 5.92 Å². The maximum atomic E-state index is 12.5. The molecule has 20 heavy (non-hydrogen) atoms. The van der Waals surface area contributed by atoms with Crippen LogP contribution < -0.4 is 5.32 Å². The van der Waals surface area contributed by atoms with Crippen LogP contribution in [0.4, 0.5) is 0 Å². The van der Waals surface area contributed by atoms with Crippen molar-refractivity contribution in [3.63, 3.8) is 0 Å². The van der Waals surface area contributed by atoms with Gasteiger partial charge in [0.15, 0.2) is 0 Å². The van der Waals surface area contributed by atoms with E-state index in [0.29, 0.717) is 24.3 Å². The molecule has 0 aromatic heterocycles. The van der Waals surface area contributed by atoms with Gasteiger partial charge in [-0.1, -0.05) is 6.92 Å². The lowest BCUT2D eigenvalue weighted by Gasteiger charge is -2.29. The standard InChI is InChI=1S/C14H29N3O2S/c1-3-17-10-4-5-14(17)11-16(2)20(18,19)12-13-6-8-15-9-7-13/h13-15H,3-12H2,1-2H3. The molecule has 0 saturated carbocycles. The Bertz CT molecular complexity index is 393. The number of hydrogen-bond acceptors (Lipinski definition) is 4. The molecule has 0 spiro atoms. The van der Waals surface area contributed by atoms with E-state index in [-0.39, 0.29) is 0 Å². The van der Waals surface area contributed by atoms with Crippen molar-refractivity contribution in [3.05, 3.63) is 0 Å². The lowest BCUT2D eigenvalue weighted by molar-refractivity contribution is 0.237. The highest BCUT2D eigenvalue weighted by Gasteiger charge is 2.30. The zero-order valence-electron chi connectivity index (χ0n) is 12.8. The van der Waals surface area contributed by atoms with Crippen LogP contribution in [0.15, 0.2) is 0 Å². The maximum Gasteiger partial charge on any atom is 0.214 e. The first kappa shape index (κ1) is 16.2. The van der Waals surface area contributed by atoms with E-state index in [0.717, 1.165) is 45.4 Å². The molecule has 0 bridgehead atoms. The molecule has 118 valence electrons. The summed E-state index contributed by atoms with van der Waals surface area (Å²) >= 11 is 0. The van der Waals surface area contributed by atoms with Crippen molar-refractivity contribution in [1.29, 1.82) is 0 Å². The van der Waals surface area contributed by atoms with Crippen molar-refractivity contribution in [1.82, 2.24) is 14.5 Å². The monoisotopic (exact) mass is 303 g/mol. The lowest BCUT2D eigenvalue weighted by atomic mass is 10.0. The summed E-state index contributed by atoms with van der Waals surface area (Å²) in [6.07, 6.45) is 4.29. The van der Waals surface area contributed by atoms with Gasteiger partial charge in [0.2, 0.25) is 10.0 Å². The van der Waals surface area contributed by atoms with E-state index < -0.39 is 10.0 Å². The van der Waals surface area contributed by atoms with Crippen molar-refractivity contribution in [3.8, 4) is 0 Å². The minimum Gasteiger partial charge on any atom is -0.317 e. The first-order valence-corrected chi connectivity index (χ1v) is 9.52. The van der Waals surface area contributed by atoms with Crippen LogP contribution >= 0.6 is 0 Å². The first-order valence-electron chi connectivity index (χ1n) is 7.91. The zero-order valence-corrected chi connectivity index (χ0v) is 13.7. The van der Waals surface area contributed by atoms with E-state index in [1.807, 2.05) is 0 Å². The van der Waals surface area contributed by atoms with E-state index in [1.54, 1.807) is 11.4 Å². The molecule has 1 N–H and O–H groups in total. The molecule has 0 aliphatic carbocycles. The van der Waals surface area contributed by atoms with Gasteiger partial charge in [-0.05, 0) is 57.8 Å². The fourth-order valence-corrected chi connectivity index (χ4v) is 4.98. The highest BCUT2D eigenvalue weighted by molar-refractivity contribution is 7.89. The number of likely N-dealkylation sites (N-methyl/N-ethyl adjacent to an activating group) is 2. The number of nitrogens with zero attached hydrogens (tertiary/aromatic N) is 2. The summed E-state index contributed by atoms with van der Waals surface area (Å²) in [6.45, 7) is 6.85. The molecule has 0 aromatic rings. The zero-order chi connectivity index (χ0) is 14.6. The Labute approximate surface area is 123 Å². The number of rotatable bonds is 6. The Morgan fingerprint density at radius 3 is 2.60 bits per heavy atom. The third-order valence-electron chi connectivity index (χ3n) is 4.75. The molecule has 2 aliphatic heterocycles. The molecule has 2 fully saturated rings. The molecule has 2 aliphatic rings. The van der Waals surface area contributed by atoms with Crippen LogP contribution in [0.3, 0.4) is 0 Å². The van der Waals surface area contributed by atoms with Gasteiger partial charge in [0.05, 0.1) is 5.75 Å². The van der Waals surface area contributed by atoms with Crippen molar-refractivity contribution >= 4 is 10.0 Å². The van der Waals surface area contributed by atoms with E-state index in [9.17, 15) is 8.42 Å². The maximum absolute atomic E-state index is 12.5. The minimum atomic E-state index is -3.10. The fraction of sp³-hybridized carbons (Fsp3) is 1.00. The Morgan fingerprint density at radius 1 is 1.25 bits per heavy atom. The Hall–Kier alpha value is -0.170. The molecule has 2 saturated heterocycles. The molecule has 0 amide bonds. The summed E-state index contributed by atoms with van der Waals surface area (Å²) in [5, 5.41) is 3.29. The van der Waals surface area contributed by atoms with Crippen molar-refractivity contribution < 1.29 is 8.42 Å². The van der Waals surface area contributed by atoms with Gasteiger partial charge in [0.1, 0.15) is 0 Å². The second-order valence-corrected chi connectivity index (χ2v) is 8.30. The molecule has 0 radical (unpaired) electrons. The number of sulfonamides is 1. The Kier molecular flexibility index (Phi) is 5.84. The van der Waals surface area contributed by atoms with Crippen LogP contribution in [0.1, 0.15) is 32.6 Å². The lowest BCUT2D eigenvalue weighted by Crippen LogP contribution is -2.43. The third-order valence-corrected chi connectivity index (χ3v) is 6.74. The molecule has 2 heterocycles. The molecule has 0 aromatic carbocycles. The van der Waals surface area contributed by atoms with E-state index in [1.165, 1.54) is 6.42 Å². The van der Waals surface area contributed by atoms with Crippen LogP contribution in [0.2, 0.25) is 0 Å². The quantitative estimate of drug-likeness (QED) is 0.786. The number of nitrogens with one attached hydrogen (secondary N) is 1. The molecule has 2 rings (SSSR count). The summed E-state index contributed by atoms with van der Waals surface area (Å²) in [5.41, 5.74) is 0. The second kappa shape index (κ2) is 7.20. The summed E-state index contributed by atoms with van der Waals surface area (Å²) < 4.78 is 26.5. The summed E-state index contributed by atoms with van der Waals surface area (Å²) in [7, 11) is -1.35. The average molecular weight is 303 g/mol. The highest BCUT2D eigenvalue weighted by atomic mass is 32.2. The summed E-state index contributed by atoms with van der Waals surface area (Å²) in [6, 6.07) is 0.410. The third kappa shape index (κ3) is 4.16. The molecular weight excluding hydrogens is 274 g/mol. The van der Waals surface area contributed by atoms with Crippen LogP contribution in [-0.2, 0) is 10.0 Å². The van der Waals surface area contributed by atoms with Crippen LogP contribution in [0, 0.1) is 5.92 Å². The van der Waals surface area contributed by atoms with E-state index >= 15 is 0 Å². The summed E-state index contributed by atoms with van der Waals surface area (Å²) in [4.78, 5) is 2.40. The van der Waals surface area contributed by atoms with Gasteiger partial charge < -0.3 is 5.32 Å². The number of hydrogen-bond donors (Lipinski definition) is 1. The minimum absolute atomic E-state index is 0.323. The predicted octanol–water partition coefficient (Wildman–Crippen LogP) is 0.732. The van der Waals surface area contributed by atoms with Gasteiger partial charge in [-0.15, -0.1) is 0 Å². The molecule has 1 atom stereocenters. The van der Waals surface area contributed by atoms with Crippen molar-refractivity contribution in [2.45, 2.75) is 38.6 Å². The van der Waals surface area contributed by atoms with Gasteiger partial charge in [-0.2, -0.15) is 0 Å². The van der Waals surface area contributed by atoms with Crippen LogP contribution in [0.25, 0.3) is 0 Å². The van der Waals surface area contributed by atoms with Gasteiger partial charge >= 0.3 is 0 Å². The van der Waals surface area contributed by atoms with Gasteiger partial charge in [0, 0.05) is 19.6 Å². The molecule has 5 nitrogen and oxygen atoms in total. The van der Waals surface area contributed by atoms with Crippen LogP contribution in [-0.4, -0.2) is 69.2 Å². The molecule has 1 unspecified atom stereocenters. The average Bonchev–Trinajstić information content (AvgIpc) is 2.86. The first-order chi connectivity index (χ1) is 9.53. The Morgan fingerprint density at radius 2 is 1.95 bits per heavy atom. The highest BCUT2D eigenvalue weighted by Crippen LogP contribution is 2.20. The molecule has 6 heteroatoms. The van der Waals surface area contributed by atoms with E-state index in [4.69, 9.17) is 0 Å². The second-order valence-electron chi connectivity index (χ2n) is 6.18. The van der Waals surface area contributed by atoms with E-state index in [2.05, 4.69) is 17.1 Å². The van der Waals surface area contributed by atoms with Crippen LogP contribution in [0.5, 0.6) is 0 Å². The van der Waals surface area contributed by atoms with Gasteiger partial charge in [0.25, 0.3) is 0 Å². The Balaban J connectivity index is 1.87. The number of piperidine rings is 1. The van der Waals surface area contributed by atoms with Crippen molar-refractivity contribution in [2.75, 3.05) is 45.5 Å². The summed E-state index contributed by atoms with van der Waals surface area (Å²) in [5.74, 6) is 0.652. The normalized spacial score (nSPS) is 26.4.